The first-order valence-corrected chi connectivity index (χ1v) is 4.40. The summed E-state index contributed by atoms with van der Waals surface area (Å²) in [4.78, 5) is 0. The zero-order valence-corrected chi connectivity index (χ0v) is 7.03. The second-order valence-electron chi connectivity index (χ2n) is 3.27. The third-order valence-electron chi connectivity index (χ3n) is 2.40. The van der Waals surface area contributed by atoms with Gasteiger partial charge >= 0.3 is 0 Å². The lowest BCUT2D eigenvalue weighted by atomic mass is 10.1. The first-order valence-electron chi connectivity index (χ1n) is 4.40. The van der Waals surface area contributed by atoms with Crippen molar-refractivity contribution in [3.8, 4) is 0 Å². The molecular formula is C10H14N2. The molecule has 1 aliphatic rings. The van der Waals surface area contributed by atoms with Crippen molar-refractivity contribution >= 4 is 0 Å². The topological polar surface area (TPSA) is 38.0 Å². The average Bonchev–Trinajstić information content (AvgIpc) is 2.87. The number of benzene rings is 1. The molecule has 0 radical (unpaired) electrons. The third kappa shape index (κ3) is 1.49. The van der Waals surface area contributed by atoms with Crippen LogP contribution < -0.4 is 11.1 Å². The van der Waals surface area contributed by atoms with Gasteiger partial charge in [0, 0.05) is 18.6 Å². The van der Waals surface area contributed by atoms with Crippen molar-refractivity contribution in [3.05, 3.63) is 35.9 Å². The minimum absolute atomic E-state index is 0.591. The van der Waals surface area contributed by atoms with E-state index in [1.165, 1.54) is 12.0 Å². The van der Waals surface area contributed by atoms with E-state index in [0.717, 1.165) is 0 Å². The fourth-order valence-corrected chi connectivity index (χ4v) is 1.64. The molecule has 0 bridgehead atoms. The highest BCUT2D eigenvalue weighted by Gasteiger charge is 2.37. The molecule has 2 nitrogen and oxygen atoms in total. The standard InChI is InChI=1S/C10H14N2/c11-7-12-10-6-9(10)8-4-2-1-3-5-8/h1-5,9-10,12H,6-7,11H2/t9-,10+/m0/s1. The van der Waals surface area contributed by atoms with Crippen LogP contribution in [-0.2, 0) is 0 Å². The average molecular weight is 162 g/mol. The van der Waals surface area contributed by atoms with Gasteiger partial charge in [0.15, 0.2) is 0 Å². The molecule has 2 rings (SSSR count). The maximum Gasteiger partial charge on any atom is 0.0431 e. The Kier molecular flexibility index (Phi) is 2.11. The number of nitrogens with two attached hydrogens (primary N) is 1. The molecule has 1 aromatic carbocycles. The lowest BCUT2D eigenvalue weighted by Crippen LogP contribution is -2.25. The molecule has 1 aliphatic carbocycles. The summed E-state index contributed by atoms with van der Waals surface area (Å²) >= 11 is 0. The predicted molar refractivity (Wildman–Crippen MR) is 49.8 cm³/mol. The molecule has 0 unspecified atom stereocenters. The summed E-state index contributed by atoms with van der Waals surface area (Å²) in [5, 5.41) is 3.25. The number of hydrogen-bond donors (Lipinski definition) is 2. The molecule has 1 saturated carbocycles. The van der Waals surface area contributed by atoms with Gasteiger partial charge in [-0.25, -0.2) is 0 Å². The second kappa shape index (κ2) is 3.25. The monoisotopic (exact) mass is 162 g/mol. The molecule has 0 saturated heterocycles. The first kappa shape index (κ1) is 7.77. The summed E-state index contributed by atoms with van der Waals surface area (Å²) in [6, 6.07) is 11.2. The minimum atomic E-state index is 0.591. The van der Waals surface area contributed by atoms with Crippen LogP contribution in [0.2, 0.25) is 0 Å². The molecule has 0 spiro atoms. The van der Waals surface area contributed by atoms with E-state index in [0.29, 0.717) is 18.6 Å². The highest BCUT2D eigenvalue weighted by atomic mass is 15.0. The summed E-state index contributed by atoms with van der Waals surface area (Å²) in [6.45, 7) is 0.591. The van der Waals surface area contributed by atoms with Gasteiger partial charge in [-0.1, -0.05) is 30.3 Å². The second-order valence-corrected chi connectivity index (χ2v) is 3.27. The van der Waals surface area contributed by atoms with Crippen molar-refractivity contribution in [2.45, 2.75) is 18.4 Å². The van der Waals surface area contributed by atoms with Gasteiger partial charge < -0.3 is 11.1 Å². The normalized spacial score (nSPS) is 27.1. The summed E-state index contributed by atoms with van der Waals surface area (Å²) in [7, 11) is 0. The Balaban J connectivity index is 1.97. The fourth-order valence-electron chi connectivity index (χ4n) is 1.64. The van der Waals surface area contributed by atoms with Crippen LogP contribution in [0.1, 0.15) is 17.9 Å². The molecule has 1 fully saturated rings. The van der Waals surface area contributed by atoms with Gasteiger partial charge in [-0.2, -0.15) is 0 Å². The molecule has 64 valence electrons. The van der Waals surface area contributed by atoms with Gasteiger partial charge in [0.1, 0.15) is 0 Å². The van der Waals surface area contributed by atoms with Crippen molar-refractivity contribution < 1.29 is 0 Å². The Labute approximate surface area is 72.8 Å². The fraction of sp³-hybridized carbons (Fsp3) is 0.400. The van der Waals surface area contributed by atoms with Crippen molar-refractivity contribution in [1.82, 2.24) is 5.32 Å². The van der Waals surface area contributed by atoms with Crippen LogP contribution in [0.25, 0.3) is 0 Å². The Morgan fingerprint density at radius 2 is 2.08 bits per heavy atom. The van der Waals surface area contributed by atoms with Gasteiger partial charge in [0.05, 0.1) is 0 Å². The van der Waals surface area contributed by atoms with Gasteiger partial charge in [0.25, 0.3) is 0 Å². The van der Waals surface area contributed by atoms with Crippen LogP contribution in [0.5, 0.6) is 0 Å². The Morgan fingerprint density at radius 1 is 1.33 bits per heavy atom. The largest absolute Gasteiger partial charge is 0.318 e. The highest BCUT2D eigenvalue weighted by molar-refractivity contribution is 5.27. The zero-order chi connectivity index (χ0) is 8.39. The van der Waals surface area contributed by atoms with Crippen LogP contribution in [-0.4, -0.2) is 12.7 Å². The van der Waals surface area contributed by atoms with E-state index in [4.69, 9.17) is 5.73 Å². The molecular weight excluding hydrogens is 148 g/mol. The predicted octanol–water partition coefficient (Wildman–Crippen LogP) is 1.05. The molecule has 0 aliphatic heterocycles. The number of hydrogen-bond acceptors (Lipinski definition) is 2. The molecule has 0 heterocycles. The van der Waals surface area contributed by atoms with Gasteiger partial charge in [-0.3, -0.25) is 0 Å². The lowest BCUT2D eigenvalue weighted by Gasteiger charge is -1.99. The maximum absolute atomic E-state index is 5.40. The van der Waals surface area contributed by atoms with Crippen molar-refractivity contribution in [2.24, 2.45) is 5.73 Å². The van der Waals surface area contributed by atoms with E-state index < -0.39 is 0 Å². The molecule has 2 heteroatoms. The van der Waals surface area contributed by atoms with E-state index in [-0.39, 0.29) is 0 Å². The Hall–Kier alpha value is -0.860. The van der Waals surface area contributed by atoms with Crippen LogP contribution in [0, 0.1) is 0 Å². The number of rotatable bonds is 3. The summed E-state index contributed by atoms with van der Waals surface area (Å²) in [5.74, 6) is 0.703. The van der Waals surface area contributed by atoms with Crippen LogP contribution in [0.4, 0.5) is 0 Å². The highest BCUT2D eigenvalue weighted by Crippen LogP contribution is 2.40. The molecule has 2 atom stereocenters. The Morgan fingerprint density at radius 3 is 2.75 bits per heavy atom. The zero-order valence-electron chi connectivity index (χ0n) is 7.03. The maximum atomic E-state index is 5.40. The minimum Gasteiger partial charge on any atom is -0.318 e. The van der Waals surface area contributed by atoms with E-state index in [2.05, 4.69) is 35.6 Å². The summed E-state index contributed by atoms with van der Waals surface area (Å²) in [5.41, 5.74) is 6.83. The lowest BCUT2D eigenvalue weighted by molar-refractivity contribution is 0.688. The van der Waals surface area contributed by atoms with Crippen molar-refractivity contribution in [1.29, 1.82) is 0 Å². The van der Waals surface area contributed by atoms with E-state index >= 15 is 0 Å². The molecule has 0 aromatic heterocycles. The van der Waals surface area contributed by atoms with Gasteiger partial charge in [-0.15, -0.1) is 0 Å². The summed E-state index contributed by atoms with van der Waals surface area (Å²) < 4.78 is 0. The Bertz CT molecular complexity index is 245. The smallest absolute Gasteiger partial charge is 0.0431 e. The van der Waals surface area contributed by atoms with E-state index in [9.17, 15) is 0 Å². The molecule has 1 aromatic rings. The molecule has 12 heavy (non-hydrogen) atoms. The quantitative estimate of drug-likeness (QED) is 0.652. The SMILES string of the molecule is NCN[C@@H]1C[C@H]1c1ccccc1. The molecule has 3 N–H and O–H groups in total. The van der Waals surface area contributed by atoms with E-state index in [1.807, 2.05) is 0 Å². The van der Waals surface area contributed by atoms with Gasteiger partial charge in [-0.05, 0) is 12.0 Å². The van der Waals surface area contributed by atoms with Crippen LogP contribution in [0.3, 0.4) is 0 Å². The van der Waals surface area contributed by atoms with Crippen molar-refractivity contribution in [3.63, 3.8) is 0 Å². The van der Waals surface area contributed by atoms with Crippen molar-refractivity contribution in [2.75, 3.05) is 6.67 Å². The van der Waals surface area contributed by atoms with Crippen LogP contribution >= 0.6 is 0 Å². The molecule has 0 amide bonds. The van der Waals surface area contributed by atoms with Gasteiger partial charge in [0.2, 0.25) is 0 Å². The summed E-state index contributed by atoms with van der Waals surface area (Å²) in [6.07, 6.45) is 1.24. The van der Waals surface area contributed by atoms with E-state index in [1.54, 1.807) is 0 Å². The third-order valence-corrected chi connectivity index (χ3v) is 2.40. The number of nitrogens with one attached hydrogen (secondary N) is 1. The first-order chi connectivity index (χ1) is 5.92. The van der Waals surface area contributed by atoms with Crippen LogP contribution in [0.15, 0.2) is 30.3 Å².